The van der Waals surface area contributed by atoms with Gasteiger partial charge in [-0.3, -0.25) is 9.59 Å². The van der Waals surface area contributed by atoms with E-state index in [-0.39, 0.29) is 59.7 Å². The van der Waals surface area contributed by atoms with Gasteiger partial charge in [-0.2, -0.15) is 0 Å². The van der Waals surface area contributed by atoms with Gasteiger partial charge >= 0.3 is 0 Å². The van der Waals surface area contributed by atoms with Crippen LogP contribution in [0.15, 0.2) is 96.1 Å². The lowest BCUT2D eigenvalue weighted by Gasteiger charge is -2.28. The molecule has 2 heterocycles. The molecule has 2 aromatic rings. The number of carbonyl (C=O) groups is 2. The molecule has 2 N–H and O–H groups in total. The van der Waals surface area contributed by atoms with Crippen LogP contribution in [-0.2, 0) is 20.7 Å². The number of nitrogens with zero attached hydrogens (tertiary/aromatic N) is 3. The number of benzene rings is 1. The van der Waals surface area contributed by atoms with Crippen molar-refractivity contribution in [2.45, 2.75) is 72.1 Å². The molecule has 11 heteroatoms. The molecule has 1 fully saturated rings. The number of Topliss-reactive ketones (excluding diaryl/α,β-unsaturated/α-hetero) is 1. The first-order valence-corrected chi connectivity index (χ1v) is 15.6. The summed E-state index contributed by atoms with van der Waals surface area (Å²) in [7, 11) is 0. The summed E-state index contributed by atoms with van der Waals surface area (Å²) in [6, 6.07) is 4.43. The average molecular weight is 648 g/mol. The van der Waals surface area contributed by atoms with Crippen molar-refractivity contribution in [2.75, 3.05) is 5.32 Å². The number of carbonyl (C=O) groups excluding carboxylic acids is 2. The minimum atomic E-state index is -3.19. The third kappa shape index (κ3) is 8.52. The lowest BCUT2D eigenvalue weighted by Crippen LogP contribution is -2.32. The maximum atomic E-state index is 15.1. The quantitative estimate of drug-likeness (QED) is 0.150. The summed E-state index contributed by atoms with van der Waals surface area (Å²) < 4.78 is 49.7. The third-order valence-electron chi connectivity index (χ3n) is 8.19. The zero-order chi connectivity index (χ0) is 34.4. The van der Waals surface area contributed by atoms with E-state index in [1.165, 1.54) is 36.7 Å². The van der Waals surface area contributed by atoms with Gasteiger partial charge in [-0.1, -0.05) is 52.5 Å². The van der Waals surface area contributed by atoms with Crippen LogP contribution < -0.4 is 10.6 Å². The van der Waals surface area contributed by atoms with Crippen LogP contribution in [0.5, 0.6) is 0 Å². The highest BCUT2D eigenvalue weighted by Gasteiger charge is 2.64. The number of aromatic nitrogens is 2. The fourth-order valence-electron chi connectivity index (χ4n) is 5.00. The van der Waals surface area contributed by atoms with Crippen molar-refractivity contribution in [3.63, 3.8) is 0 Å². The molecule has 1 aromatic heterocycles. The Morgan fingerprint density at radius 3 is 2.45 bits per heavy atom. The van der Waals surface area contributed by atoms with Gasteiger partial charge in [0, 0.05) is 42.2 Å². The number of ether oxygens (including phenoxy) is 1. The monoisotopic (exact) mass is 647 g/mol. The number of alkyl halides is 2. The Hall–Kier alpha value is -4.80. The van der Waals surface area contributed by atoms with Crippen LogP contribution in [0.1, 0.15) is 65.4 Å². The van der Waals surface area contributed by atoms with Crippen molar-refractivity contribution in [1.29, 1.82) is 0 Å². The van der Waals surface area contributed by atoms with Crippen LogP contribution in [-0.4, -0.2) is 33.3 Å². The van der Waals surface area contributed by atoms with Gasteiger partial charge in [0.05, 0.1) is 17.5 Å². The van der Waals surface area contributed by atoms with Crippen molar-refractivity contribution >= 4 is 23.4 Å². The number of aliphatic imine (C=N–C) groups is 1. The van der Waals surface area contributed by atoms with Gasteiger partial charge in [0.1, 0.15) is 23.2 Å². The molecule has 1 unspecified atom stereocenters. The smallest absolute Gasteiger partial charge is 0.278 e. The summed E-state index contributed by atoms with van der Waals surface area (Å²) in [6.07, 6.45) is 10.4. The highest BCUT2D eigenvalue weighted by molar-refractivity contribution is 6.39. The highest BCUT2D eigenvalue weighted by atomic mass is 19.3. The molecule has 4 rings (SSSR count). The molecule has 1 amide bonds. The molecule has 1 saturated carbocycles. The lowest BCUT2D eigenvalue weighted by molar-refractivity contribution is -0.119. The minimum absolute atomic E-state index is 0.0109. The molecule has 1 aliphatic carbocycles. The van der Waals surface area contributed by atoms with E-state index in [4.69, 9.17) is 4.74 Å². The van der Waals surface area contributed by atoms with Crippen molar-refractivity contribution in [3.05, 3.63) is 102 Å². The summed E-state index contributed by atoms with van der Waals surface area (Å²) in [6.45, 7) is 14.7. The first-order valence-electron chi connectivity index (χ1n) is 15.6. The Labute approximate surface area is 273 Å². The van der Waals surface area contributed by atoms with E-state index in [1.807, 2.05) is 26.8 Å². The standard InChI is InChI=1S/C36H40F3N5O3/c1-7-10-32(42-24(6)30(45)15-22(4)8-2)44-34-40-20-27(21-41-34)25-11-12-26(29(37)17-25)18-33(46)43-28-16-23(5)47-31(19-28)35(13-14-35)36(38,39)9-3/h9-12,16-17,19-22H,3,5,7-8,13-15,18H2,1-2,4,6H3,(H,43,46)(H,40,41,44)/b32-10+,42-24?. The SMILES string of the molecule is C=CC(F)(F)C1(C2=CC(NC(=O)Cc3ccc(-c4cnc(N/C(=C/CC)N=C(C)C(=O)CC(C)CC)nc4)cc3F)=CC(=C)O2)CC1. The van der Waals surface area contributed by atoms with Gasteiger partial charge in [-0.15, -0.1) is 0 Å². The van der Waals surface area contributed by atoms with E-state index in [9.17, 15) is 18.4 Å². The van der Waals surface area contributed by atoms with Crippen LogP contribution in [0.4, 0.5) is 19.1 Å². The molecule has 248 valence electrons. The number of halogens is 3. The van der Waals surface area contributed by atoms with Gasteiger partial charge in [0.2, 0.25) is 11.9 Å². The molecule has 1 atom stereocenters. The summed E-state index contributed by atoms with van der Waals surface area (Å²) in [5.41, 5.74) is 0.296. The first-order chi connectivity index (χ1) is 22.3. The second-order valence-electron chi connectivity index (χ2n) is 11.9. The number of anilines is 1. The number of rotatable bonds is 15. The van der Waals surface area contributed by atoms with E-state index in [1.54, 1.807) is 13.0 Å². The van der Waals surface area contributed by atoms with Crippen molar-refractivity contribution < 1.29 is 27.5 Å². The molecular formula is C36H40F3N5O3. The lowest BCUT2D eigenvalue weighted by atomic mass is 9.93. The Morgan fingerprint density at radius 1 is 1.15 bits per heavy atom. The van der Waals surface area contributed by atoms with Crippen LogP contribution in [0.25, 0.3) is 11.1 Å². The van der Waals surface area contributed by atoms with Crippen molar-refractivity contribution in [3.8, 4) is 11.1 Å². The fourth-order valence-corrected chi connectivity index (χ4v) is 5.00. The summed E-state index contributed by atoms with van der Waals surface area (Å²) in [5.74, 6) is -3.24. The number of amides is 1. The number of ketones is 1. The molecule has 0 spiro atoms. The molecular weight excluding hydrogens is 607 g/mol. The van der Waals surface area contributed by atoms with E-state index in [0.717, 1.165) is 6.42 Å². The number of allylic oxidation sites excluding steroid dienone is 5. The zero-order valence-electron chi connectivity index (χ0n) is 27.1. The topological polar surface area (TPSA) is 106 Å². The zero-order valence-corrected chi connectivity index (χ0v) is 27.1. The molecule has 1 aromatic carbocycles. The van der Waals surface area contributed by atoms with Crippen molar-refractivity contribution in [2.24, 2.45) is 16.3 Å². The van der Waals surface area contributed by atoms with Crippen LogP contribution in [0.3, 0.4) is 0 Å². The van der Waals surface area contributed by atoms with Gasteiger partial charge in [0.15, 0.2) is 5.78 Å². The molecule has 2 aliphatic rings. The second-order valence-corrected chi connectivity index (χ2v) is 11.9. The van der Waals surface area contributed by atoms with Gasteiger partial charge < -0.3 is 15.4 Å². The van der Waals surface area contributed by atoms with Gasteiger partial charge in [-0.05, 0) is 61.4 Å². The average Bonchev–Trinajstić information content (AvgIpc) is 3.85. The van der Waals surface area contributed by atoms with Crippen molar-refractivity contribution in [1.82, 2.24) is 15.3 Å². The fraction of sp³-hybridized carbons (Fsp3) is 0.361. The molecule has 0 bridgehead atoms. The van der Waals surface area contributed by atoms with Crippen LogP contribution in [0, 0.1) is 17.2 Å². The first kappa shape index (κ1) is 35.1. The molecule has 1 aliphatic heterocycles. The molecule has 47 heavy (non-hydrogen) atoms. The Bertz CT molecular complexity index is 1670. The Kier molecular flexibility index (Phi) is 11.0. The second kappa shape index (κ2) is 14.7. The number of hydrogen-bond donors (Lipinski definition) is 2. The van der Waals surface area contributed by atoms with E-state index in [0.29, 0.717) is 41.6 Å². The predicted octanol–water partition coefficient (Wildman–Crippen LogP) is 7.98. The normalized spacial score (nSPS) is 16.8. The summed E-state index contributed by atoms with van der Waals surface area (Å²) in [5, 5.41) is 5.67. The predicted molar refractivity (Wildman–Crippen MR) is 177 cm³/mol. The molecule has 8 nitrogen and oxygen atoms in total. The maximum Gasteiger partial charge on any atom is 0.278 e. The van der Waals surface area contributed by atoms with E-state index >= 15 is 4.39 Å². The van der Waals surface area contributed by atoms with Crippen LogP contribution in [0.2, 0.25) is 0 Å². The van der Waals surface area contributed by atoms with Crippen LogP contribution >= 0.6 is 0 Å². The van der Waals surface area contributed by atoms with E-state index < -0.39 is 23.1 Å². The minimum Gasteiger partial charge on any atom is -0.461 e. The number of nitrogens with one attached hydrogen (secondary N) is 2. The molecule has 0 saturated heterocycles. The van der Waals surface area contributed by atoms with Gasteiger partial charge in [-0.25, -0.2) is 28.1 Å². The summed E-state index contributed by atoms with van der Waals surface area (Å²) in [4.78, 5) is 38.4. The van der Waals surface area contributed by atoms with E-state index in [2.05, 4.69) is 38.8 Å². The summed E-state index contributed by atoms with van der Waals surface area (Å²) >= 11 is 0. The third-order valence-corrected chi connectivity index (χ3v) is 8.19. The Balaban J connectivity index is 1.40. The Morgan fingerprint density at radius 2 is 1.85 bits per heavy atom. The molecule has 0 radical (unpaired) electrons. The highest BCUT2D eigenvalue weighted by Crippen LogP contribution is 2.63. The number of hydrogen-bond acceptors (Lipinski definition) is 7. The largest absolute Gasteiger partial charge is 0.461 e. The maximum absolute atomic E-state index is 15.1. The van der Waals surface area contributed by atoms with Gasteiger partial charge in [0.25, 0.3) is 5.92 Å².